The van der Waals surface area contributed by atoms with Crippen molar-refractivity contribution in [2.75, 3.05) is 0 Å². The van der Waals surface area contributed by atoms with Crippen molar-refractivity contribution in [3.8, 4) is 0 Å². The summed E-state index contributed by atoms with van der Waals surface area (Å²) in [6, 6.07) is 12.2. The third-order valence-electron chi connectivity index (χ3n) is 5.48. The van der Waals surface area contributed by atoms with E-state index in [4.69, 9.17) is 5.11 Å². The second kappa shape index (κ2) is 6.30. The minimum atomic E-state index is -0.868. The van der Waals surface area contributed by atoms with Gasteiger partial charge in [-0.2, -0.15) is 0 Å². The van der Waals surface area contributed by atoms with Gasteiger partial charge in [-0.25, -0.2) is 0 Å². The Kier molecular flexibility index (Phi) is 4.59. The van der Waals surface area contributed by atoms with Gasteiger partial charge in [0.15, 0.2) is 0 Å². The quantitative estimate of drug-likeness (QED) is 0.797. The standard InChI is InChI=1S/C22H26O2Se/c1-14-12-17-18(22(4,5)11-10-21(17,2)3)13-19(14)25-16-8-6-15(7-9-16)20(23)24/h6-9,12-13H,10-11H2,1-5H3,(H,23,24). The van der Waals surface area contributed by atoms with Gasteiger partial charge in [0.25, 0.3) is 0 Å². The Labute approximate surface area is 156 Å². The molecule has 0 atom stereocenters. The maximum absolute atomic E-state index is 11.0. The number of carbonyl (C=O) groups is 1. The Bertz CT molecular complexity index is 817. The molecule has 1 N–H and O–H groups in total. The third-order valence-corrected chi connectivity index (χ3v) is 7.93. The molecule has 0 aliphatic heterocycles. The van der Waals surface area contributed by atoms with Gasteiger partial charge in [-0.05, 0) is 0 Å². The first-order valence-corrected chi connectivity index (χ1v) is 10.5. The molecular weight excluding hydrogens is 375 g/mol. The molecule has 0 saturated heterocycles. The molecule has 2 aromatic carbocycles. The summed E-state index contributed by atoms with van der Waals surface area (Å²) < 4.78 is 2.62. The number of aromatic carboxylic acids is 1. The van der Waals surface area contributed by atoms with Crippen LogP contribution >= 0.6 is 0 Å². The summed E-state index contributed by atoms with van der Waals surface area (Å²) in [4.78, 5) is 11.0. The fraction of sp³-hybridized carbons (Fsp3) is 0.409. The molecule has 3 rings (SSSR count). The number of hydrogen-bond acceptors (Lipinski definition) is 1. The molecule has 2 nitrogen and oxygen atoms in total. The molecule has 1 aliphatic carbocycles. The van der Waals surface area contributed by atoms with Gasteiger partial charge in [0.2, 0.25) is 0 Å². The Morgan fingerprint density at radius 1 is 0.960 bits per heavy atom. The van der Waals surface area contributed by atoms with E-state index in [1.165, 1.54) is 38.5 Å². The SMILES string of the molecule is Cc1cc2c(cc1[Se]c1ccc(C(=O)O)cc1)C(C)(C)CCC2(C)C. The first-order chi connectivity index (χ1) is 11.6. The fourth-order valence-electron chi connectivity index (χ4n) is 3.60. The molecule has 0 aromatic heterocycles. The molecule has 0 bridgehead atoms. The molecule has 132 valence electrons. The van der Waals surface area contributed by atoms with Crippen molar-refractivity contribution in [1.29, 1.82) is 0 Å². The van der Waals surface area contributed by atoms with E-state index in [-0.39, 0.29) is 25.8 Å². The second-order valence-electron chi connectivity index (χ2n) is 8.36. The fourth-order valence-corrected chi connectivity index (χ4v) is 5.54. The van der Waals surface area contributed by atoms with Crippen LogP contribution in [0.5, 0.6) is 0 Å². The zero-order chi connectivity index (χ0) is 18.4. The van der Waals surface area contributed by atoms with Crippen LogP contribution in [0.25, 0.3) is 0 Å². The van der Waals surface area contributed by atoms with Crippen molar-refractivity contribution in [1.82, 2.24) is 0 Å². The number of aryl methyl sites for hydroxylation is 1. The van der Waals surface area contributed by atoms with Gasteiger partial charge in [0.1, 0.15) is 0 Å². The second-order valence-corrected chi connectivity index (χ2v) is 10.7. The zero-order valence-electron chi connectivity index (χ0n) is 15.6. The molecule has 0 saturated carbocycles. The van der Waals surface area contributed by atoms with E-state index in [9.17, 15) is 4.79 Å². The molecule has 1 aliphatic rings. The number of benzene rings is 2. The number of fused-ring (bicyclic) bond motifs is 1. The third kappa shape index (κ3) is 3.54. The number of rotatable bonds is 3. The van der Waals surface area contributed by atoms with Crippen molar-refractivity contribution in [2.24, 2.45) is 0 Å². The molecular formula is C22H26O2Se. The summed E-state index contributed by atoms with van der Waals surface area (Å²) in [7, 11) is 0. The normalized spacial score (nSPS) is 17.8. The van der Waals surface area contributed by atoms with Crippen molar-refractivity contribution < 1.29 is 9.90 Å². The topological polar surface area (TPSA) is 37.3 Å². The molecule has 25 heavy (non-hydrogen) atoms. The van der Waals surface area contributed by atoms with Gasteiger partial charge in [0, 0.05) is 0 Å². The summed E-state index contributed by atoms with van der Waals surface area (Å²) in [5, 5.41) is 9.05. The average Bonchev–Trinajstić information content (AvgIpc) is 2.54. The summed E-state index contributed by atoms with van der Waals surface area (Å²) in [5.74, 6) is -0.868. The van der Waals surface area contributed by atoms with Crippen LogP contribution in [0.3, 0.4) is 0 Å². The molecule has 0 heterocycles. The van der Waals surface area contributed by atoms with Crippen molar-refractivity contribution in [3.63, 3.8) is 0 Å². The van der Waals surface area contributed by atoms with Gasteiger partial charge < -0.3 is 0 Å². The Balaban J connectivity index is 1.99. The Hall–Kier alpha value is -1.57. The van der Waals surface area contributed by atoms with Crippen LogP contribution in [0.2, 0.25) is 0 Å². The monoisotopic (exact) mass is 402 g/mol. The van der Waals surface area contributed by atoms with Crippen LogP contribution in [-0.2, 0) is 10.8 Å². The van der Waals surface area contributed by atoms with Crippen LogP contribution in [-0.4, -0.2) is 26.0 Å². The number of carboxylic acid groups (broad SMARTS) is 1. The van der Waals surface area contributed by atoms with E-state index < -0.39 is 5.97 Å². The van der Waals surface area contributed by atoms with Crippen LogP contribution in [0.15, 0.2) is 36.4 Å². The first kappa shape index (κ1) is 18.2. The van der Waals surface area contributed by atoms with Crippen LogP contribution < -0.4 is 8.92 Å². The zero-order valence-corrected chi connectivity index (χ0v) is 17.4. The van der Waals surface area contributed by atoms with Crippen LogP contribution in [0.1, 0.15) is 67.6 Å². The number of carboxylic acids is 1. The average molecular weight is 401 g/mol. The molecule has 0 fully saturated rings. The predicted octanol–water partition coefficient (Wildman–Crippen LogP) is 3.70. The molecule has 0 spiro atoms. The van der Waals surface area contributed by atoms with E-state index >= 15 is 0 Å². The Morgan fingerprint density at radius 2 is 1.48 bits per heavy atom. The van der Waals surface area contributed by atoms with Crippen molar-refractivity contribution >= 4 is 29.8 Å². The summed E-state index contributed by atoms with van der Waals surface area (Å²) in [6.07, 6.45) is 2.45. The van der Waals surface area contributed by atoms with E-state index in [0.717, 1.165) is 0 Å². The molecule has 0 radical (unpaired) electrons. The van der Waals surface area contributed by atoms with Gasteiger partial charge in [0.05, 0.1) is 0 Å². The maximum atomic E-state index is 11.0. The van der Waals surface area contributed by atoms with Gasteiger partial charge in [-0.1, -0.05) is 0 Å². The molecule has 0 amide bonds. The van der Waals surface area contributed by atoms with Gasteiger partial charge >= 0.3 is 157 Å². The Morgan fingerprint density at radius 3 is 2.00 bits per heavy atom. The van der Waals surface area contributed by atoms with Crippen LogP contribution in [0, 0.1) is 6.92 Å². The van der Waals surface area contributed by atoms with Gasteiger partial charge in [-0.3, -0.25) is 0 Å². The van der Waals surface area contributed by atoms with E-state index in [1.807, 2.05) is 12.1 Å². The van der Waals surface area contributed by atoms with E-state index in [0.29, 0.717) is 5.56 Å². The summed E-state index contributed by atoms with van der Waals surface area (Å²) >= 11 is 0.188. The summed E-state index contributed by atoms with van der Waals surface area (Å²) in [6.45, 7) is 11.6. The molecule has 0 unspecified atom stereocenters. The van der Waals surface area contributed by atoms with E-state index in [2.05, 4.69) is 46.8 Å². The van der Waals surface area contributed by atoms with Crippen LogP contribution in [0.4, 0.5) is 0 Å². The molecule has 2 aromatic rings. The van der Waals surface area contributed by atoms with E-state index in [1.54, 1.807) is 12.1 Å². The van der Waals surface area contributed by atoms with Crippen molar-refractivity contribution in [3.05, 3.63) is 58.7 Å². The first-order valence-electron chi connectivity index (χ1n) is 8.77. The van der Waals surface area contributed by atoms with Crippen molar-refractivity contribution in [2.45, 2.75) is 58.3 Å². The van der Waals surface area contributed by atoms with Gasteiger partial charge in [-0.15, -0.1) is 0 Å². The molecule has 3 heteroatoms. The summed E-state index contributed by atoms with van der Waals surface area (Å²) in [5.41, 5.74) is 5.16. The predicted molar refractivity (Wildman–Crippen MR) is 105 cm³/mol. The number of hydrogen-bond donors (Lipinski definition) is 1. The minimum absolute atomic E-state index is 0.188.